The molecule has 0 amide bonds. The van der Waals surface area contributed by atoms with Crippen molar-refractivity contribution in [1.29, 1.82) is 0 Å². The van der Waals surface area contributed by atoms with Gasteiger partial charge in [0.15, 0.2) is 0 Å². The molecule has 0 aliphatic heterocycles. The topological polar surface area (TPSA) is 105 Å². The van der Waals surface area contributed by atoms with Crippen LogP contribution >= 0.6 is 0 Å². The SMILES string of the molecule is COC(=O)CCn1cc(-n2cc([N+](=O)[O-])cn2)cn1. The Morgan fingerprint density at radius 1 is 1.42 bits per heavy atom. The molecule has 2 aromatic rings. The molecule has 9 nitrogen and oxygen atoms in total. The second-order valence-electron chi connectivity index (χ2n) is 3.69. The maximum absolute atomic E-state index is 11.0. The normalized spacial score (nSPS) is 10.4. The van der Waals surface area contributed by atoms with Crippen LogP contribution in [0.15, 0.2) is 24.8 Å². The average Bonchev–Trinajstić information content (AvgIpc) is 3.04. The number of nitrogens with zero attached hydrogens (tertiary/aromatic N) is 5. The fourth-order valence-corrected chi connectivity index (χ4v) is 1.45. The smallest absolute Gasteiger partial charge is 0.307 e. The molecule has 2 rings (SSSR count). The van der Waals surface area contributed by atoms with Crippen molar-refractivity contribution >= 4 is 11.7 Å². The Morgan fingerprint density at radius 3 is 2.84 bits per heavy atom. The first-order chi connectivity index (χ1) is 9.10. The second-order valence-corrected chi connectivity index (χ2v) is 3.69. The van der Waals surface area contributed by atoms with Crippen LogP contribution in [0.2, 0.25) is 0 Å². The van der Waals surface area contributed by atoms with Crippen molar-refractivity contribution in [2.45, 2.75) is 13.0 Å². The summed E-state index contributed by atoms with van der Waals surface area (Å²) in [5.41, 5.74) is 0.486. The van der Waals surface area contributed by atoms with Gasteiger partial charge in [-0.2, -0.15) is 10.2 Å². The fourth-order valence-electron chi connectivity index (χ4n) is 1.45. The molecule has 0 radical (unpaired) electrons. The number of methoxy groups -OCH3 is 1. The molecule has 0 atom stereocenters. The van der Waals surface area contributed by atoms with Crippen LogP contribution in [0, 0.1) is 10.1 Å². The molecule has 19 heavy (non-hydrogen) atoms. The third-order valence-corrected chi connectivity index (χ3v) is 2.44. The molecule has 0 bridgehead atoms. The van der Waals surface area contributed by atoms with Crippen molar-refractivity contribution in [2.75, 3.05) is 7.11 Å². The number of hydrogen-bond acceptors (Lipinski definition) is 6. The van der Waals surface area contributed by atoms with E-state index < -0.39 is 4.92 Å². The quantitative estimate of drug-likeness (QED) is 0.444. The van der Waals surface area contributed by atoms with Crippen LogP contribution in [0.4, 0.5) is 5.69 Å². The highest BCUT2D eigenvalue weighted by molar-refractivity contribution is 5.68. The van der Waals surface area contributed by atoms with E-state index in [0.29, 0.717) is 12.2 Å². The maximum Gasteiger partial charge on any atom is 0.307 e. The Morgan fingerprint density at radius 2 is 2.21 bits per heavy atom. The van der Waals surface area contributed by atoms with Gasteiger partial charge in [-0.3, -0.25) is 19.6 Å². The highest BCUT2D eigenvalue weighted by Gasteiger charge is 2.11. The Balaban J connectivity index is 2.07. The first-order valence-corrected chi connectivity index (χ1v) is 5.39. The summed E-state index contributed by atoms with van der Waals surface area (Å²) in [6, 6.07) is 0. The minimum Gasteiger partial charge on any atom is -0.469 e. The number of nitro groups is 1. The molecule has 0 spiro atoms. The monoisotopic (exact) mass is 265 g/mol. The molecule has 0 saturated carbocycles. The van der Waals surface area contributed by atoms with E-state index in [9.17, 15) is 14.9 Å². The minimum absolute atomic E-state index is 0.0951. The zero-order chi connectivity index (χ0) is 13.8. The van der Waals surface area contributed by atoms with E-state index in [1.165, 1.54) is 24.2 Å². The largest absolute Gasteiger partial charge is 0.469 e. The number of aromatic nitrogens is 4. The first-order valence-electron chi connectivity index (χ1n) is 5.39. The lowest BCUT2D eigenvalue weighted by Crippen LogP contribution is -2.07. The fraction of sp³-hybridized carbons (Fsp3) is 0.300. The summed E-state index contributed by atoms with van der Waals surface area (Å²) < 4.78 is 7.41. The van der Waals surface area contributed by atoms with Crippen molar-refractivity contribution in [2.24, 2.45) is 0 Å². The zero-order valence-electron chi connectivity index (χ0n) is 10.1. The van der Waals surface area contributed by atoms with Gasteiger partial charge in [0.05, 0.1) is 37.4 Å². The van der Waals surface area contributed by atoms with E-state index in [1.807, 2.05) is 0 Å². The van der Waals surface area contributed by atoms with Gasteiger partial charge >= 0.3 is 11.7 Å². The summed E-state index contributed by atoms with van der Waals surface area (Å²) in [5.74, 6) is -0.327. The highest BCUT2D eigenvalue weighted by atomic mass is 16.6. The lowest BCUT2D eigenvalue weighted by atomic mass is 10.4. The summed E-state index contributed by atoms with van der Waals surface area (Å²) in [6.45, 7) is 0.371. The van der Waals surface area contributed by atoms with Crippen LogP contribution < -0.4 is 0 Å². The molecule has 9 heteroatoms. The van der Waals surface area contributed by atoms with Crippen LogP contribution in [0.5, 0.6) is 0 Å². The number of carbonyl (C=O) groups excluding carboxylic acids is 1. The van der Waals surface area contributed by atoms with E-state index in [4.69, 9.17) is 0 Å². The van der Waals surface area contributed by atoms with Crippen LogP contribution in [0.1, 0.15) is 6.42 Å². The number of carbonyl (C=O) groups is 1. The van der Waals surface area contributed by atoms with Crippen molar-refractivity contribution in [3.05, 3.63) is 34.9 Å². The van der Waals surface area contributed by atoms with Crippen molar-refractivity contribution < 1.29 is 14.5 Å². The Kier molecular flexibility index (Phi) is 3.55. The van der Waals surface area contributed by atoms with Crippen LogP contribution in [-0.4, -0.2) is 37.6 Å². The average molecular weight is 265 g/mol. The predicted octanol–water partition coefficient (Wildman–Crippen LogP) is 0.540. The van der Waals surface area contributed by atoms with E-state index in [2.05, 4.69) is 14.9 Å². The Hall–Kier alpha value is -2.71. The maximum atomic E-state index is 11.0. The highest BCUT2D eigenvalue weighted by Crippen LogP contribution is 2.12. The van der Waals surface area contributed by atoms with Crippen LogP contribution in [-0.2, 0) is 16.1 Å². The molecule has 0 aliphatic carbocycles. The Labute approximate surface area is 107 Å². The molecule has 2 heterocycles. The van der Waals surface area contributed by atoms with Gasteiger partial charge < -0.3 is 4.74 Å². The summed E-state index contributed by atoms with van der Waals surface area (Å²) in [7, 11) is 1.32. The van der Waals surface area contributed by atoms with Crippen molar-refractivity contribution in [1.82, 2.24) is 19.6 Å². The third-order valence-electron chi connectivity index (χ3n) is 2.44. The van der Waals surface area contributed by atoms with Gasteiger partial charge in [0.25, 0.3) is 0 Å². The van der Waals surface area contributed by atoms with Gasteiger partial charge in [0, 0.05) is 0 Å². The molecule has 0 aliphatic rings. The molecule has 0 aromatic carbocycles. The number of hydrogen-bond donors (Lipinski definition) is 0. The van der Waals surface area contributed by atoms with Gasteiger partial charge in [-0.15, -0.1) is 0 Å². The molecule has 2 aromatic heterocycles. The lowest BCUT2D eigenvalue weighted by Gasteiger charge is -1.99. The van der Waals surface area contributed by atoms with Crippen molar-refractivity contribution in [3.8, 4) is 5.69 Å². The second kappa shape index (κ2) is 5.29. The van der Waals surface area contributed by atoms with Gasteiger partial charge in [0.1, 0.15) is 18.1 Å². The van der Waals surface area contributed by atoms with E-state index in [1.54, 1.807) is 10.9 Å². The van der Waals surface area contributed by atoms with Crippen molar-refractivity contribution in [3.63, 3.8) is 0 Å². The van der Waals surface area contributed by atoms with E-state index in [-0.39, 0.29) is 18.1 Å². The molecule has 0 fully saturated rings. The number of rotatable bonds is 5. The first kappa shape index (κ1) is 12.7. The zero-order valence-corrected chi connectivity index (χ0v) is 10.1. The van der Waals surface area contributed by atoms with E-state index >= 15 is 0 Å². The number of ether oxygens (including phenoxy) is 1. The summed E-state index contributed by atoms with van der Waals surface area (Å²) >= 11 is 0. The van der Waals surface area contributed by atoms with Crippen LogP contribution in [0.3, 0.4) is 0 Å². The molecular weight excluding hydrogens is 254 g/mol. The molecule has 0 N–H and O–H groups in total. The minimum atomic E-state index is -0.523. The van der Waals surface area contributed by atoms with Gasteiger partial charge in [-0.25, -0.2) is 4.68 Å². The van der Waals surface area contributed by atoms with Gasteiger partial charge in [-0.1, -0.05) is 0 Å². The predicted molar refractivity (Wildman–Crippen MR) is 62.6 cm³/mol. The molecule has 0 unspecified atom stereocenters. The lowest BCUT2D eigenvalue weighted by molar-refractivity contribution is -0.384. The van der Waals surface area contributed by atoms with Gasteiger partial charge in [-0.05, 0) is 0 Å². The number of aryl methyl sites for hydroxylation is 1. The van der Waals surface area contributed by atoms with Crippen LogP contribution in [0.25, 0.3) is 5.69 Å². The summed E-state index contributed by atoms with van der Waals surface area (Å²) in [5, 5.41) is 18.4. The van der Waals surface area contributed by atoms with E-state index in [0.717, 1.165) is 6.20 Å². The summed E-state index contributed by atoms with van der Waals surface area (Å²) in [4.78, 5) is 21.0. The summed E-state index contributed by atoms with van der Waals surface area (Å²) in [6.07, 6.45) is 5.80. The third kappa shape index (κ3) is 2.94. The van der Waals surface area contributed by atoms with Gasteiger partial charge in [0.2, 0.25) is 0 Å². The molecule has 0 saturated heterocycles. The number of esters is 1. The standard InChI is InChI=1S/C10H11N5O4/c1-19-10(16)2-3-13-6-8(4-11-13)14-7-9(5-12-14)15(17)18/h4-7H,2-3H2,1H3. The Bertz CT molecular complexity index is 603. The molecule has 100 valence electrons. The molecular formula is C10H11N5O4.